The molecule has 0 aromatic heterocycles. The Balaban J connectivity index is 1.82. The third-order valence-corrected chi connectivity index (χ3v) is 3.34. The second kappa shape index (κ2) is 6.95. The van der Waals surface area contributed by atoms with Crippen LogP contribution >= 0.6 is 11.6 Å². The van der Waals surface area contributed by atoms with Crippen LogP contribution in [0.5, 0.6) is 5.75 Å². The molecule has 1 aliphatic heterocycles. The zero-order chi connectivity index (χ0) is 14.5. The number of fused-ring (bicyclic) bond motifs is 1. The topological polar surface area (TPSA) is 50.4 Å². The average molecular weight is 297 g/mol. The minimum Gasteiger partial charge on any atom is -0.493 e. The maximum Gasteiger partial charge on any atom is 0.221 e. The van der Waals surface area contributed by atoms with Crippen LogP contribution in [0, 0.1) is 0 Å². The van der Waals surface area contributed by atoms with E-state index in [1.807, 2.05) is 26.0 Å². The van der Waals surface area contributed by atoms with Crippen molar-refractivity contribution in [3.05, 3.63) is 28.3 Å². The van der Waals surface area contributed by atoms with Gasteiger partial charge in [0.25, 0.3) is 0 Å². The van der Waals surface area contributed by atoms with E-state index in [9.17, 15) is 4.79 Å². The van der Waals surface area contributed by atoms with Crippen LogP contribution in [0.2, 0.25) is 5.02 Å². The number of hydrogen-bond acceptors (Lipinski definition) is 3. The molecule has 5 heteroatoms. The van der Waals surface area contributed by atoms with Gasteiger partial charge in [-0.3, -0.25) is 4.79 Å². The van der Waals surface area contributed by atoms with Gasteiger partial charge in [0.15, 0.2) is 0 Å². The molecule has 2 N–H and O–H groups in total. The first-order valence-corrected chi connectivity index (χ1v) is 7.38. The van der Waals surface area contributed by atoms with Gasteiger partial charge >= 0.3 is 0 Å². The zero-order valence-electron chi connectivity index (χ0n) is 12.0. The van der Waals surface area contributed by atoms with Crippen molar-refractivity contribution in [1.29, 1.82) is 0 Å². The van der Waals surface area contributed by atoms with Crippen molar-refractivity contribution < 1.29 is 9.53 Å². The second-order valence-corrected chi connectivity index (χ2v) is 5.74. The summed E-state index contributed by atoms with van der Waals surface area (Å²) in [5, 5.41) is 6.87. The maximum atomic E-state index is 11.5. The molecule has 0 atom stereocenters. The van der Waals surface area contributed by atoms with Gasteiger partial charge in [0, 0.05) is 42.6 Å². The lowest BCUT2D eigenvalue weighted by Crippen LogP contribution is -2.32. The lowest BCUT2D eigenvalue weighted by atomic mass is 10.1. The molecule has 0 fully saturated rings. The van der Waals surface area contributed by atoms with E-state index in [4.69, 9.17) is 16.3 Å². The molecule has 1 aromatic carbocycles. The van der Waals surface area contributed by atoms with Crippen LogP contribution < -0.4 is 15.4 Å². The SMILES string of the molecule is CC(C)NC(=O)CCNCc1cc(Cl)cc2c1OCC2. The average Bonchev–Trinajstić information content (AvgIpc) is 2.81. The van der Waals surface area contributed by atoms with Crippen molar-refractivity contribution in [2.45, 2.75) is 39.3 Å². The fourth-order valence-electron chi connectivity index (χ4n) is 2.30. The van der Waals surface area contributed by atoms with Gasteiger partial charge in [-0.2, -0.15) is 0 Å². The number of carbonyl (C=O) groups excluding carboxylic acids is 1. The number of rotatable bonds is 6. The molecular formula is C15H21ClN2O2. The van der Waals surface area contributed by atoms with Crippen LogP contribution in [0.4, 0.5) is 0 Å². The van der Waals surface area contributed by atoms with E-state index in [0.29, 0.717) is 19.5 Å². The summed E-state index contributed by atoms with van der Waals surface area (Å²) in [5.41, 5.74) is 2.24. The molecule has 0 bridgehead atoms. The molecule has 1 heterocycles. The van der Waals surface area contributed by atoms with E-state index < -0.39 is 0 Å². The summed E-state index contributed by atoms with van der Waals surface area (Å²) in [5.74, 6) is 1.02. The van der Waals surface area contributed by atoms with Crippen molar-refractivity contribution in [2.24, 2.45) is 0 Å². The molecule has 0 saturated carbocycles. The number of ether oxygens (including phenoxy) is 1. The largest absolute Gasteiger partial charge is 0.493 e. The lowest BCUT2D eigenvalue weighted by Gasteiger charge is -2.11. The summed E-state index contributed by atoms with van der Waals surface area (Å²) >= 11 is 6.10. The third-order valence-electron chi connectivity index (χ3n) is 3.12. The van der Waals surface area contributed by atoms with Gasteiger partial charge in [-0.25, -0.2) is 0 Å². The summed E-state index contributed by atoms with van der Waals surface area (Å²) in [6, 6.07) is 4.07. The van der Waals surface area contributed by atoms with E-state index in [2.05, 4.69) is 10.6 Å². The Morgan fingerprint density at radius 2 is 2.25 bits per heavy atom. The highest BCUT2D eigenvalue weighted by Gasteiger charge is 2.17. The number of nitrogens with one attached hydrogen (secondary N) is 2. The highest BCUT2D eigenvalue weighted by atomic mass is 35.5. The van der Waals surface area contributed by atoms with Gasteiger partial charge in [0.2, 0.25) is 5.91 Å². The standard InChI is InChI=1S/C15H21ClN2O2/c1-10(2)18-14(19)3-5-17-9-12-8-13(16)7-11-4-6-20-15(11)12/h7-8,10,17H,3-6,9H2,1-2H3,(H,18,19). The first-order chi connectivity index (χ1) is 9.56. The second-order valence-electron chi connectivity index (χ2n) is 5.30. The van der Waals surface area contributed by atoms with Gasteiger partial charge in [-0.05, 0) is 31.5 Å². The lowest BCUT2D eigenvalue weighted by molar-refractivity contribution is -0.121. The highest BCUT2D eigenvalue weighted by Crippen LogP contribution is 2.32. The van der Waals surface area contributed by atoms with Gasteiger partial charge in [0.05, 0.1) is 6.61 Å². The molecule has 0 unspecified atom stereocenters. The minimum atomic E-state index is 0.0695. The molecule has 0 radical (unpaired) electrons. The number of amides is 1. The van der Waals surface area contributed by atoms with Gasteiger partial charge in [0.1, 0.15) is 5.75 Å². The van der Waals surface area contributed by atoms with E-state index in [-0.39, 0.29) is 11.9 Å². The van der Waals surface area contributed by atoms with Crippen molar-refractivity contribution in [3.63, 3.8) is 0 Å². The highest BCUT2D eigenvalue weighted by molar-refractivity contribution is 6.30. The van der Waals surface area contributed by atoms with Crippen molar-refractivity contribution in [3.8, 4) is 5.75 Å². The summed E-state index contributed by atoms with van der Waals surface area (Å²) < 4.78 is 5.64. The zero-order valence-corrected chi connectivity index (χ0v) is 12.7. The van der Waals surface area contributed by atoms with Crippen LogP contribution in [0.1, 0.15) is 31.4 Å². The van der Waals surface area contributed by atoms with Gasteiger partial charge < -0.3 is 15.4 Å². The van der Waals surface area contributed by atoms with Crippen LogP contribution in [0.25, 0.3) is 0 Å². The number of carbonyl (C=O) groups is 1. The Labute approximate surface area is 124 Å². The Hall–Kier alpha value is -1.26. The monoisotopic (exact) mass is 296 g/mol. The Morgan fingerprint density at radius 1 is 1.45 bits per heavy atom. The summed E-state index contributed by atoms with van der Waals surface area (Å²) in [4.78, 5) is 11.5. The first-order valence-electron chi connectivity index (χ1n) is 7.00. The van der Waals surface area contributed by atoms with E-state index in [1.165, 1.54) is 5.56 Å². The van der Waals surface area contributed by atoms with E-state index in [0.717, 1.165) is 29.4 Å². The number of hydrogen-bond donors (Lipinski definition) is 2. The van der Waals surface area contributed by atoms with E-state index >= 15 is 0 Å². The molecule has 1 aliphatic rings. The summed E-state index contributed by atoms with van der Waals surface area (Å²) in [6.07, 6.45) is 1.39. The van der Waals surface area contributed by atoms with Crippen LogP contribution in [0.15, 0.2) is 12.1 Å². The fraction of sp³-hybridized carbons (Fsp3) is 0.533. The van der Waals surface area contributed by atoms with Crippen molar-refractivity contribution in [1.82, 2.24) is 10.6 Å². The smallest absolute Gasteiger partial charge is 0.221 e. The van der Waals surface area contributed by atoms with Crippen molar-refractivity contribution in [2.75, 3.05) is 13.2 Å². The van der Waals surface area contributed by atoms with E-state index in [1.54, 1.807) is 0 Å². The number of benzene rings is 1. The van der Waals surface area contributed by atoms with Gasteiger partial charge in [-0.15, -0.1) is 0 Å². The molecule has 1 amide bonds. The quantitative estimate of drug-likeness (QED) is 0.792. The Bertz CT molecular complexity index is 489. The predicted molar refractivity (Wildman–Crippen MR) is 80.3 cm³/mol. The predicted octanol–water partition coefficient (Wildman–Crippen LogP) is 2.28. The molecule has 0 spiro atoms. The summed E-state index contributed by atoms with van der Waals surface area (Å²) in [6.45, 7) is 5.94. The molecule has 1 aromatic rings. The van der Waals surface area contributed by atoms with Crippen LogP contribution in [0.3, 0.4) is 0 Å². The fourth-order valence-corrected chi connectivity index (χ4v) is 2.56. The first kappa shape index (κ1) is 15.1. The molecular weight excluding hydrogens is 276 g/mol. The molecule has 0 saturated heterocycles. The third kappa shape index (κ3) is 4.12. The molecule has 2 rings (SSSR count). The van der Waals surface area contributed by atoms with Crippen LogP contribution in [-0.2, 0) is 17.8 Å². The summed E-state index contributed by atoms with van der Waals surface area (Å²) in [7, 11) is 0. The Kier molecular flexibility index (Phi) is 5.26. The Morgan fingerprint density at radius 3 is 3.00 bits per heavy atom. The maximum absolute atomic E-state index is 11.5. The molecule has 4 nitrogen and oxygen atoms in total. The van der Waals surface area contributed by atoms with Gasteiger partial charge in [-0.1, -0.05) is 11.6 Å². The normalized spacial score (nSPS) is 13.2. The molecule has 20 heavy (non-hydrogen) atoms. The molecule has 0 aliphatic carbocycles. The number of halogens is 1. The minimum absolute atomic E-state index is 0.0695. The van der Waals surface area contributed by atoms with Crippen LogP contribution in [-0.4, -0.2) is 25.1 Å². The van der Waals surface area contributed by atoms with Crippen molar-refractivity contribution >= 4 is 17.5 Å². The molecule has 110 valence electrons.